The zero-order chi connectivity index (χ0) is 12.7. The van der Waals surface area contributed by atoms with Crippen molar-refractivity contribution in [3.8, 4) is 0 Å². The molecule has 18 heavy (non-hydrogen) atoms. The summed E-state index contributed by atoms with van der Waals surface area (Å²) in [6.45, 7) is 0.740. The number of alkyl halides is 1. The molecule has 0 bridgehead atoms. The second-order valence-corrected chi connectivity index (χ2v) is 4.70. The third-order valence-electron chi connectivity index (χ3n) is 3.39. The second kappa shape index (κ2) is 4.14. The lowest BCUT2D eigenvalue weighted by molar-refractivity contribution is -0.383. The fraction of sp³-hybridized carbons (Fsp3) is 0.231. The largest absolute Gasteiger partial charge is 0.384 e. The number of fused-ring (bicyclic) bond motifs is 3. The molecule has 0 fully saturated rings. The maximum atomic E-state index is 11.1. The third kappa shape index (κ3) is 1.53. The van der Waals surface area contributed by atoms with Crippen molar-refractivity contribution < 1.29 is 4.92 Å². The van der Waals surface area contributed by atoms with Crippen molar-refractivity contribution in [3.63, 3.8) is 0 Å². The van der Waals surface area contributed by atoms with Crippen LogP contribution in [0.25, 0.3) is 10.8 Å². The quantitative estimate of drug-likeness (QED) is 0.512. The van der Waals surface area contributed by atoms with Gasteiger partial charge < -0.3 is 5.32 Å². The van der Waals surface area contributed by atoms with Gasteiger partial charge in [-0.15, -0.1) is 11.6 Å². The fourth-order valence-electron chi connectivity index (χ4n) is 2.58. The second-order valence-electron chi connectivity index (χ2n) is 4.39. The van der Waals surface area contributed by atoms with E-state index in [0.29, 0.717) is 11.3 Å². The highest BCUT2D eigenvalue weighted by atomic mass is 35.5. The first-order chi connectivity index (χ1) is 8.72. The molecule has 0 amide bonds. The Hall–Kier alpha value is -1.81. The van der Waals surface area contributed by atoms with Gasteiger partial charge in [-0.05, 0) is 17.0 Å². The molecule has 1 aliphatic rings. The number of hydrogen-bond donors (Lipinski definition) is 1. The lowest BCUT2D eigenvalue weighted by Crippen LogP contribution is -2.02. The maximum absolute atomic E-state index is 11.1. The number of benzene rings is 2. The smallest absolute Gasteiger partial charge is 0.279 e. The van der Waals surface area contributed by atoms with Crippen LogP contribution >= 0.6 is 11.6 Å². The first kappa shape index (κ1) is 11.3. The highest BCUT2D eigenvalue weighted by Crippen LogP contribution is 2.42. The Balaban J connectivity index is 2.38. The lowest BCUT2D eigenvalue weighted by atomic mass is 9.95. The van der Waals surface area contributed by atoms with Crippen LogP contribution in [-0.4, -0.2) is 17.3 Å². The number of anilines is 1. The number of nitro groups is 1. The predicted molar refractivity (Wildman–Crippen MR) is 72.6 cm³/mol. The average Bonchev–Trinajstić information content (AvgIpc) is 2.80. The molecule has 1 aliphatic heterocycles. The number of halogens is 1. The van der Waals surface area contributed by atoms with Gasteiger partial charge in [0.2, 0.25) is 0 Å². The van der Waals surface area contributed by atoms with Crippen LogP contribution in [-0.2, 0) is 0 Å². The summed E-state index contributed by atoms with van der Waals surface area (Å²) in [4.78, 5) is 10.8. The van der Waals surface area contributed by atoms with E-state index in [1.807, 2.05) is 18.2 Å². The predicted octanol–water partition coefficient (Wildman–Crippen LogP) is 3.50. The minimum Gasteiger partial charge on any atom is -0.384 e. The Bertz CT molecular complexity index is 642. The van der Waals surface area contributed by atoms with Crippen LogP contribution in [0.4, 0.5) is 11.4 Å². The molecule has 0 aliphatic carbocycles. The van der Waals surface area contributed by atoms with E-state index in [-0.39, 0.29) is 16.5 Å². The molecular weight excluding hydrogens is 252 g/mol. The molecule has 1 heterocycles. The summed E-state index contributed by atoms with van der Waals surface area (Å²) in [5, 5.41) is 15.9. The van der Waals surface area contributed by atoms with Crippen molar-refractivity contribution in [2.24, 2.45) is 0 Å². The fourth-order valence-corrected chi connectivity index (χ4v) is 2.85. The van der Waals surface area contributed by atoms with Crippen molar-refractivity contribution >= 4 is 33.7 Å². The Kier molecular flexibility index (Phi) is 2.59. The number of non-ortho nitro benzene ring substituents is 1. The zero-order valence-corrected chi connectivity index (χ0v) is 10.3. The van der Waals surface area contributed by atoms with Crippen molar-refractivity contribution in [1.29, 1.82) is 0 Å². The Morgan fingerprint density at radius 2 is 2.11 bits per heavy atom. The summed E-state index contributed by atoms with van der Waals surface area (Å²) in [6.07, 6.45) is 0. The molecule has 0 aromatic heterocycles. The highest BCUT2D eigenvalue weighted by Gasteiger charge is 2.27. The van der Waals surface area contributed by atoms with Crippen LogP contribution in [0, 0.1) is 10.1 Å². The number of nitrogens with zero attached hydrogens (tertiary/aromatic N) is 1. The Morgan fingerprint density at radius 1 is 1.39 bits per heavy atom. The summed E-state index contributed by atoms with van der Waals surface area (Å²) in [7, 11) is 0. The minimum atomic E-state index is -0.335. The van der Waals surface area contributed by atoms with E-state index in [1.54, 1.807) is 12.1 Å². The van der Waals surface area contributed by atoms with Crippen LogP contribution in [0.2, 0.25) is 0 Å². The number of nitro benzene ring substituents is 1. The first-order valence-corrected chi connectivity index (χ1v) is 6.25. The summed E-state index contributed by atoms with van der Waals surface area (Å²) in [5.74, 6) is 0.731. The molecule has 2 aromatic rings. The van der Waals surface area contributed by atoms with Gasteiger partial charge >= 0.3 is 0 Å². The van der Waals surface area contributed by atoms with Gasteiger partial charge in [-0.2, -0.15) is 0 Å². The molecule has 4 nitrogen and oxygen atoms in total. The van der Waals surface area contributed by atoms with E-state index >= 15 is 0 Å². The lowest BCUT2D eigenvalue weighted by Gasteiger charge is -2.10. The molecule has 3 rings (SSSR count). The highest BCUT2D eigenvalue weighted by molar-refractivity contribution is 6.18. The van der Waals surface area contributed by atoms with Crippen LogP contribution in [0.1, 0.15) is 11.5 Å². The van der Waals surface area contributed by atoms with Gasteiger partial charge in [0.25, 0.3) is 5.69 Å². The molecule has 0 radical (unpaired) electrons. The molecule has 2 aromatic carbocycles. The van der Waals surface area contributed by atoms with Crippen molar-refractivity contribution in [2.45, 2.75) is 5.92 Å². The van der Waals surface area contributed by atoms with Crippen molar-refractivity contribution in [3.05, 3.63) is 46.0 Å². The SMILES string of the molecule is O=[N+]([O-])c1cc2c(c3ccccc13)[C@@H](CCl)CN2. The number of rotatable bonds is 2. The Labute approximate surface area is 109 Å². The van der Waals surface area contributed by atoms with E-state index in [0.717, 1.165) is 23.2 Å². The van der Waals surface area contributed by atoms with Crippen LogP contribution in [0.3, 0.4) is 0 Å². The van der Waals surface area contributed by atoms with Gasteiger partial charge in [0.05, 0.1) is 10.3 Å². The van der Waals surface area contributed by atoms with Gasteiger partial charge in [-0.25, -0.2) is 0 Å². The number of nitrogens with one attached hydrogen (secondary N) is 1. The molecule has 0 unspecified atom stereocenters. The van der Waals surface area contributed by atoms with Gasteiger partial charge in [0.1, 0.15) is 0 Å². The number of hydrogen-bond acceptors (Lipinski definition) is 3. The molecular formula is C13H11ClN2O2. The van der Waals surface area contributed by atoms with Gasteiger partial charge in [0.15, 0.2) is 0 Å². The molecule has 92 valence electrons. The van der Waals surface area contributed by atoms with Crippen LogP contribution < -0.4 is 5.32 Å². The van der Waals surface area contributed by atoms with E-state index < -0.39 is 0 Å². The minimum absolute atomic E-state index is 0.145. The molecule has 0 saturated carbocycles. The van der Waals surface area contributed by atoms with E-state index in [1.165, 1.54) is 0 Å². The average molecular weight is 263 g/mol. The monoisotopic (exact) mass is 262 g/mol. The zero-order valence-electron chi connectivity index (χ0n) is 9.52. The van der Waals surface area contributed by atoms with Crippen molar-refractivity contribution in [2.75, 3.05) is 17.7 Å². The van der Waals surface area contributed by atoms with Crippen LogP contribution in [0.5, 0.6) is 0 Å². The van der Waals surface area contributed by atoms with E-state index in [4.69, 9.17) is 11.6 Å². The van der Waals surface area contributed by atoms with Crippen LogP contribution in [0.15, 0.2) is 30.3 Å². The molecule has 0 saturated heterocycles. The maximum Gasteiger partial charge on any atom is 0.279 e. The van der Waals surface area contributed by atoms with Gasteiger partial charge in [-0.1, -0.05) is 18.2 Å². The topological polar surface area (TPSA) is 55.2 Å². The molecule has 5 heteroatoms. The van der Waals surface area contributed by atoms with Crippen molar-refractivity contribution in [1.82, 2.24) is 0 Å². The summed E-state index contributed by atoms with van der Waals surface area (Å²) >= 11 is 5.96. The summed E-state index contributed by atoms with van der Waals surface area (Å²) < 4.78 is 0. The Morgan fingerprint density at radius 3 is 2.78 bits per heavy atom. The molecule has 1 atom stereocenters. The normalized spacial score (nSPS) is 17.5. The summed E-state index contributed by atoms with van der Waals surface area (Å²) in [6, 6.07) is 9.05. The first-order valence-electron chi connectivity index (χ1n) is 5.72. The van der Waals surface area contributed by atoms with E-state index in [2.05, 4.69) is 5.32 Å². The third-order valence-corrected chi connectivity index (χ3v) is 3.77. The molecule has 1 N–H and O–H groups in total. The van der Waals surface area contributed by atoms with Gasteiger partial charge in [0, 0.05) is 30.1 Å². The standard InChI is InChI=1S/C13H11ClN2O2/c14-6-8-7-15-11-5-12(16(17)18)9-3-1-2-4-10(9)13(8)11/h1-5,8,15H,6-7H2/t8-/m0/s1. The summed E-state index contributed by atoms with van der Waals surface area (Å²) in [5.41, 5.74) is 2.09. The van der Waals surface area contributed by atoms with Gasteiger partial charge in [-0.3, -0.25) is 10.1 Å². The molecule has 0 spiro atoms. The van der Waals surface area contributed by atoms with E-state index in [9.17, 15) is 10.1 Å².